The lowest BCUT2D eigenvalue weighted by Gasteiger charge is -2.48. The van der Waals surface area contributed by atoms with Crippen molar-refractivity contribution < 1.29 is 42.8 Å². The molecule has 0 amide bonds. The fraction of sp³-hybridized carbons (Fsp3) is 0.304. The summed E-state index contributed by atoms with van der Waals surface area (Å²) >= 11 is 0. The molecule has 2 unspecified atom stereocenters. The Morgan fingerprint density at radius 3 is 1.05 bits per heavy atom. The monoisotopic (exact) mass is 874 g/mol. The first-order valence-corrected chi connectivity index (χ1v) is 22.0. The van der Waals surface area contributed by atoms with E-state index in [4.69, 9.17) is 28.4 Å². The standard InChI is InChI=1S/C56H58O9/c1-37-34-53(3,4)36-56(35-37,43-18-22-45(60-9)23-19-43)44-20-32-50(33-21-44)65-52(59)64-49-30-16-42(17-31-49)55(7,8)41-14-28-48(29-15-41)63-51(58)62-47-26-12-40(13-27-47)54(5,6)39-10-24-46(25-11-39)61-38(2)57/h10-33,37H,34-36H2,1-9H3. The van der Waals surface area contributed by atoms with E-state index in [1.807, 2.05) is 72.8 Å². The molecule has 6 aromatic rings. The topological polar surface area (TPSA) is 107 Å². The van der Waals surface area contributed by atoms with E-state index < -0.39 is 17.7 Å². The number of carbonyl (C=O) groups is 3. The van der Waals surface area contributed by atoms with Crippen LogP contribution < -0.4 is 28.4 Å². The number of hydrogen-bond donors (Lipinski definition) is 0. The molecule has 1 aliphatic carbocycles. The third-order valence-corrected chi connectivity index (χ3v) is 12.8. The summed E-state index contributed by atoms with van der Waals surface area (Å²) in [7, 11) is 1.68. The highest BCUT2D eigenvalue weighted by atomic mass is 16.7. The van der Waals surface area contributed by atoms with Crippen molar-refractivity contribution >= 4 is 18.3 Å². The molecule has 6 aromatic carbocycles. The Balaban J connectivity index is 0.926. The van der Waals surface area contributed by atoms with Gasteiger partial charge in [0, 0.05) is 23.2 Å². The molecule has 0 aliphatic heterocycles. The summed E-state index contributed by atoms with van der Waals surface area (Å²) in [5, 5.41) is 0. The minimum absolute atomic E-state index is 0.154. The molecule has 0 heterocycles. The molecule has 0 aromatic heterocycles. The molecule has 9 nitrogen and oxygen atoms in total. The lowest BCUT2D eigenvalue weighted by molar-refractivity contribution is -0.131. The molecule has 0 radical (unpaired) electrons. The van der Waals surface area contributed by atoms with Crippen LogP contribution in [0.25, 0.3) is 0 Å². The summed E-state index contributed by atoms with van der Waals surface area (Å²) in [6, 6.07) is 45.5. The maximum Gasteiger partial charge on any atom is 0.519 e. The Morgan fingerprint density at radius 1 is 0.462 bits per heavy atom. The average Bonchev–Trinajstić information content (AvgIpc) is 3.26. The van der Waals surface area contributed by atoms with Gasteiger partial charge in [-0.3, -0.25) is 4.79 Å². The zero-order valence-electron chi connectivity index (χ0n) is 38.7. The zero-order chi connectivity index (χ0) is 46.6. The van der Waals surface area contributed by atoms with Crippen molar-refractivity contribution in [2.24, 2.45) is 11.3 Å². The molecule has 0 bridgehead atoms. The molecular weight excluding hydrogens is 817 g/mol. The van der Waals surface area contributed by atoms with Gasteiger partial charge in [-0.1, -0.05) is 121 Å². The molecule has 1 fully saturated rings. The Labute approximate surface area is 382 Å². The van der Waals surface area contributed by atoms with Gasteiger partial charge in [0.1, 0.15) is 34.5 Å². The van der Waals surface area contributed by atoms with Crippen molar-refractivity contribution in [2.75, 3.05) is 7.11 Å². The first kappa shape index (κ1) is 46.1. The van der Waals surface area contributed by atoms with Crippen LogP contribution in [0.4, 0.5) is 9.59 Å². The molecule has 7 rings (SSSR count). The quantitative estimate of drug-likeness (QED) is 0.0675. The van der Waals surface area contributed by atoms with Crippen LogP contribution in [-0.2, 0) is 21.0 Å². The molecule has 0 saturated heterocycles. The summed E-state index contributed by atoms with van der Waals surface area (Å²) < 4.78 is 32.8. The van der Waals surface area contributed by atoms with Crippen molar-refractivity contribution in [3.63, 3.8) is 0 Å². The van der Waals surface area contributed by atoms with E-state index in [9.17, 15) is 14.4 Å². The number of rotatable bonds is 12. The first-order chi connectivity index (χ1) is 30.8. The van der Waals surface area contributed by atoms with Gasteiger partial charge in [-0.05, 0) is 137 Å². The van der Waals surface area contributed by atoms with Crippen molar-refractivity contribution in [3.05, 3.63) is 179 Å². The Bertz CT molecular complexity index is 2590. The van der Waals surface area contributed by atoms with Crippen molar-refractivity contribution in [1.82, 2.24) is 0 Å². The van der Waals surface area contributed by atoms with Crippen LogP contribution in [0.2, 0.25) is 0 Å². The summed E-state index contributed by atoms with van der Waals surface area (Å²) in [4.78, 5) is 37.0. The highest BCUT2D eigenvalue weighted by Crippen LogP contribution is 2.54. The van der Waals surface area contributed by atoms with Crippen LogP contribution >= 0.6 is 0 Å². The van der Waals surface area contributed by atoms with E-state index >= 15 is 0 Å². The largest absolute Gasteiger partial charge is 0.519 e. The normalized spacial score (nSPS) is 17.0. The van der Waals surface area contributed by atoms with Crippen LogP contribution in [0.1, 0.15) is 108 Å². The minimum atomic E-state index is -0.854. The van der Waals surface area contributed by atoms with Crippen LogP contribution in [0.15, 0.2) is 146 Å². The predicted molar refractivity (Wildman–Crippen MR) is 252 cm³/mol. The van der Waals surface area contributed by atoms with Gasteiger partial charge in [-0.25, -0.2) is 9.59 Å². The molecule has 2 atom stereocenters. The van der Waals surface area contributed by atoms with Crippen molar-refractivity contribution in [1.29, 1.82) is 0 Å². The third kappa shape index (κ3) is 10.7. The number of esters is 1. The van der Waals surface area contributed by atoms with Crippen LogP contribution in [-0.4, -0.2) is 25.4 Å². The first-order valence-electron chi connectivity index (χ1n) is 22.0. The Morgan fingerprint density at radius 2 is 0.754 bits per heavy atom. The average molecular weight is 875 g/mol. The van der Waals surface area contributed by atoms with Gasteiger partial charge in [-0.2, -0.15) is 0 Å². The molecule has 9 heteroatoms. The summed E-state index contributed by atoms with van der Waals surface area (Å²) in [5.41, 5.74) is 5.61. The van der Waals surface area contributed by atoms with Gasteiger partial charge in [-0.15, -0.1) is 0 Å². The number of carbonyl (C=O) groups excluding carboxylic acids is 3. The van der Waals surface area contributed by atoms with Crippen molar-refractivity contribution in [3.8, 4) is 34.5 Å². The van der Waals surface area contributed by atoms with Crippen LogP contribution in [0, 0.1) is 11.3 Å². The number of hydrogen-bond acceptors (Lipinski definition) is 9. The van der Waals surface area contributed by atoms with E-state index in [0.29, 0.717) is 34.7 Å². The number of ether oxygens (including phenoxy) is 6. The van der Waals surface area contributed by atoms with Gasteiger partial charge >= 0.3 is 18.3 Å². The zero-order valence-corrected chi connectivity index (χ0v) is 38.7. The van der Waals surface area contributed by atoms with E-state index in [0.717, 1.165) is 40.8 Å². The molecule has 0 N–H and O–H groups in total. The molecular formula is C56H58O9. The van der Waals surface area contributed by atoms with E-state index in [1.165, 1.54) is 24.5 Å². The van der Waals surface area contributed by atoms with E-state index in [1.54, 1.807) is 55.6 Å². The van der Waals surface area contributed by atoms with Gasteiger partial charge in [0.05, 0.1) is 7.11 Å². The molecule has 1 saturated carbocycles. The van der Waals surface area contributed by atoms with E-state index in [2.05, 4.69) is 72.7 Å². The smallest absolute Gasteiger partial charge is 0.497 e. The Kier molecular flexibility index (Phi) is 13.3. The van der Waals surface area contributed by atoms with Gasteiger partial charge in [0.25, 0.3) is 0 Å². The Hall–Kier alpha value is -6.87. The highest BCUT2D eigenvalue weighted by Gasteiger charge is 2.45. The molecule has 0 spiro atoms. The molecule has 1 aliphatic rings. The van der Waals surface area contributed by atoms with Gasteiger partial charge in [0.15, 0.2) is 0 Å². The second-order valence-electron chi connectivity index (χ2n) is 19.0. The van der Waals surface area contributed by atoms with E-state index in [-0.39, 0.29) is 22.2 Å². The number of methoxy groups -OCH3 is 1. The summed E-state index contributed by atoms with van der Waals surface area (Å²) in [6.45, 7) is 16.7. The van der Waals surface area contributed by atoms with Gasteiger partial charge < -0.3 is 28.4 Å². The molecule has 336 valence electrons. The van der Waals surface area contributed by atoms with Crippen molar-refractivity contribution in [2.45, 2.75) is 90.9 Å². The minimum Gasteiger partial charge on any atom is -0.497 e. The second kappa shape index (κ2) is 18.7. The fourth-order valence-electron chi connectivity index (χ4n) is 9.61. The second-order valence-corrected chi connectivity index (χ2v) is 19.0. The molecule has 65 heavy (non-hydrogen) atoms. The fourth-order valence-corrected chi connectivity index (χ4v) is 9.61. The number of benzene rings is 6. The SMILES string of the molecule is COc1ccc(C2(c3ccc(OC(=O)Oc4ccc(C(C)(C)c5ccc(OC(=O)Oc6ccc(C(C)(C)c7ccc(OC(C)=O)cc7)cc6)cc5)cc4)cc3)CC(C)CC(C)(C)C2)cc1. The predicted octanol–water partition coefficient (Wildman–Crippen LogP) is 13.6. The van der Waals surface area contributed by atoms with Gasteiger partial charge in [0.2, 0.25) is 0 Å². The summed E-state index contributed by atoms with van der Waals surface area (Å²) in [6.07, 6.45) is 1.51. The maximum absolute atomic E-state index is 13.0. The summed E-state index contributed by atoms with van der Waals surface area (Å²) in [5.74, 6) is 2.93. The highest BCUT2D eigenvalue weighted by molar-refractivity contribution is 5.69. The maximum atomic E-state index is 13.0. The lowest BCUT2D eigenvalue weighted by atomic mass is 9.55. The lowest BCUT2D eigenvalue weighted by Crippen LogP contribution is -2.41. The van der Waals surface area contributed by atoms with Crippen LogP contribution in [0.5, 0.6) is 34.5 Å². The third-order valence-electron chi connectivity index (χ3n) is 12.8. The van der Waals surface area contributed by atoms with Crippen LogP contribution in [0.3, 0.4) is 0 Å².